The van der Waals surface area contributed by atoms with Crippen molar-refractivity contribution < 1.29 is 9.15 Å². The molecule has 0 aliphatic carbocycles. The van der Waals surface area contributed by atoms with E-state index in [9.17, 15) is 0 Å². The van der Waals surface area contributed by atoms with E-state index in [0.717, 1.165) is 34.7 Å². The number of hydrogen-bond donors (Lipinski definition) is 1. The monoisotopic (exact) mass is 282 g/mol. The third-order valence-corrected chi connectivity index (χ3v) is 3.43. The Kier molecular flexibility index (Phi) is 3.88. The van der Waals surface area contributed by atoms with Gasteiger partial charge in [0.2, 0.25) is 0 Å². The maximum atomic E-state index is 5.98. The fraction of sp³-hybridized carbons (Fsp3) is 0.235. The molecule has 3 rings (SSSR count). The smallest absolute Gasteiger partial charge is 0.142 e. The molecule has 0 saturated heterocycles. The summed E-state index contributed by atoms with van der Waals surface area (Å²) < 4.78 is 11.4. The van der Waals surface area contributed by atoms with Crippen molar-refractivity contribution in [3.63, 3.8) is 0 Å². The highest BCUT2D eigenvalue weighted by Crippen LogP contribution is 2.31. The highest BCUT2D eigenvalue weighted by molar-refractivity contribution is 5.78. The van der Waals surface area contributed by atoms with Crippen molar-refractivity contribution in [3.05, 3.63) is 60.1 Å². The lowest BCUT2D eigenvalue weighted by Crippen LogP contribution is -2.23. The van der Waals surface area contributed by atoms with E-state index in [-0.39, 0.29) is 6.04 Å². The first-order chi connectivity index (χ1) is 10.3. The number of para-hydroxylation sites is 1. The standard InChI is InChI=1S/C17H18N2O2/c1-3-18-17(16-14(20-2)9-6-10-19-16)15-11-12-7-4-5-8-13(12)21-15/h4-11,17-18H,3H2,1-2H3. The SMILES string of the molecule is CCNC(c1cc2ccccc2o1)c1ncccc1OC. The maximum absolute atomic E-state index is 5.98. The summed E-state index contributed by atoms with van der Waals surface area (Å²) in [7, 11) is 1.65. The molecule has 0 radical (unpaired) electrons. The Bertz CT molecular complexity index is 703. The second kappa shape index (κ2) is 5.97. The Balaban J connectivity index is 2.08. The van der Waals surface area contributed by atoms with Gasteiger partial charge in [-0.15, -0.1) is 0 Å². The molecule has 1 N–H and O–H groups in total. The molecule has 0 fully saturated rings. The van der Waals surface area contributed by atoms with Gasteiger partial charge in [0.15, 0.2) is 0 Å². The molecule has 108 valence electrons. The Hall–Kier alpha value is -2.33. The normalized spacial score (nSPS) is 12.5. The van der Waals surface area contributed by atoms with Gasteiger partial charge in [-0.05, 0) is 30.8 Å². The van der Waals surface area contributed by atoms with Gasteiger partial charge in [0.05, 0.1) is 7.11 Å². The molecule has 1 atom stereocenters. The van der Waals surface area contributed by atoms with Gasteiger partial charge in [-0.1, -0.05) is 25.1 Å². The van der Waals surface area contributed by atoms with Crippen molar-refractivity contribution in [1.29, 1.82) is 0 Å². The summed E-state index contributed by atoms with van der Waals surface area (Å²) in [5.41, 5.74) is 1.71. The molecule has 0 amide bonds. The van der Waals surface area contributed by atoms with Crippen LogP contribution in [0.1, 0.15) is 24.4 Å². The van der Waals surface area contributed by atoms with Crippen LogP contribution in [-0.2, 0) is 0 Å². The van der Waals surface area contributed by atoms with Gasteiger partial charge >= 0.3 is 0 Å². The lowest BCUT2D eigenvalue weighted by atomic mass is 10.1. The van der Waals surface area contributed by atoms with Crippen molar-refractivity contribution in [1.82, 2.24) is 10.3 Å². The van der Waals surface area contributed by atoms with E-state index >= 15 is 0 Å². The zero-order chi connectivity index (χ0) is 14.7. The van der Waals surface area contributed by atoms with Crippen molar-refractivity contribution in [3.8, 4) is 5.75 Å². The third-order valence-electron chi connectivity index (χ3n) is 3.43. The number of hydrogen-bond acceptors (Lipinski definition) is 4. The quantitative estimate of drug-likeness (QED) is 0.777. The second-order valence-corrected chi connectivity index (χ2v) is 4.77. The largest absolute Gasteiger partial charge is 0.495 e. The average Bonchev–Trinajstić information content (AvgIpc) is 2.96. The maximum Gasteiger partial charge on any atom is 0.142 e. The second-order valence-electron chi connectivity index (χ2n) is 4.77. The summed E-state index contributed by atoms with van der Waals surface area (Å²) in [6.07, 6.45) is 1.77. The van der Waals surface area contributed by atoms with Crippen LogP contribution in [-0.4, -0.2) is 18.6 Å². The number of nitrogens with zero attached hydrogens (tertiary/aromatic N) is 1. The highest BCUT2D eigenvalue weighted by atomic mass is 16.5. The lowest BCUT2D eigenvalue weighted by molar-refractivity contribution is 0.391. The summed E-state index contributed by atoms with van der Waals surface area (Å²) in [5.74, 6) is 1.60. The van der Waals surface area contributed by atoms with Crippen molar-refractivity contribution in [2.75, 3.05) is 13.7 Å². The molecule has 1 unspecified atom stereocenters. The minimum absolute atomic E-state index is 0.126. The fourth-order valence-corrected chi connectivity index (χ4v) is 2.47. The summed E-state index contributed by atoms with van der Waals surface area (Å²) in [5, 5.41) is 4.50. The zero-order valence-electron chi connectivity index (χ0n) is 12.2. The molecule has 3 aromatic rings. The van der Waals surface area contributed by atoms with Crippen LogP contribution in [0.15, 0.2) is 53.1 Å². The summed E-state index contributed by atoms with van der Waals surface area (Å²) in [6, 6.07) is 13.7. The number of ether oxygens (including phenoxy) is 1. The van der Waals surface area contributed by atoms with Gasteiger partial charge in [0.25, 0.3) is 0 Å². The first-order valence-electron chi connectivity index (χ1n) is 7.04. The number of pyridine rings is 1. The van der Waals surface area contributed by atoms with E-state index in [1.165, 1.54) is 0 Å². The molecule has 0 saturated carbocycles. The molecule has 1 aromatic carbocycles. The number of nitrogens with one attached hydrogen (secondary N) is 1. The molecule has 0 aliphatic heterocycles. The molecule has 2 heterocycles. The highest BCUT2D eigenvalue weighted by Gasteiger charge is 2.22. The molecule has 21 heavy (non-hydrogen) atoms. The van der Waals surface area contributed by atoms with Crippen LogP contribution in [0.4, 0.5) is 0 Å². The first kappa shape index (κ1) is 13.6. The topological polar surface area (TPSA) is 47.3 Å². The summed E-state index contributed by atoms with van der Waals surface area (Å²) >= 11 is 0. The predicted molar refractivity (Wildman–Crippen MR) is 82.5 cm³/mol. The number of methoxy groups -OCH3 is 1. The van der Waals surface area contributed by atoms with E-state index < -0.39 is 0 Å². The fourth-order valence-electron chi connectivity index (χ4n) is 2.47. The molecule has 4 nitrogen and oxygen atoms in total. The predicted octanol–water partition coefficient (Wildman–Crippen LogP) is 3.54. The summed E-state index contributed by atoms with van der Waals surface area (Å²) in [6.45, 7) is 2.87. The molecule has 0 spiro atoms. The Morgan fingerprint density at radius 2 is 2.10 bits per heavy atom. The van der Waals surface area contributed by atoms with E-state index in [2.05, 4.69) is 23.3 Å². The van der Waals surface area contributed by atoms with E-state index in [1.54, 1.807) is 13.3 Å². The minimum Gasteiger partial charge on any atom is -0.495 e. The van der Waals surface area contributed by atoms with Gasteiger partial charge in [-0.3, -0.25) is 4.98 Å². The van der Waals surface area contributed by atoms with Crippen LogP contribution >= 0.6 is 0 Å². The number of benzene rings is 1. The average molecular weight is 282 g/mol. The van der Waals surface area contributed by atoms with Gasteiger partial charge in [-0.2, -0.15) is 0 Å². The number of rotatable bonds is 5. The van der Waals surface area contributed by atoms with Crippen molar-refractivity contribution in [2.24, 2.45) is 0 Å². The number of fused-ring (bicyclic) bond motifs is 1. The van der Waals surface area contributed by atoms with Gasteiger partial charge in [0, 0.05) is 11.6 Å². The zero-order valence-corrected chi connectivity index (χ0v) is 12.2. The Labute approximate surface area is 123 Å². The number of aromatic nitrogens is 1. The molecule has 0 aliphatic rings. The van der Waals surface area contributed by atoms with Gasteiger partial charge < -0.3 is 14.5 Å². The molecule has 4 heteroatoms. The molecule has 0 bridgehead atoms. The van der Waals surface area contributed by atoms with Crippen LogP contribution in [0.3, 0.4) is 0 Å². The van der Waals surface area contributed by atoms with Crippen LogP contribution in [0.5, 0.6) is 5.75 Å². The van der Waals surface area contributed by atoms with Crippen molar-refractivity contribution in [2.45, 2.75) is 13.0 Å². The Morgan fingerprint density at radius 3 is 2.86 bits per heavy atom. The summed E-state index contributed by atoms with van der Waals surface area (Å²) in [4.78, 5) is 4.47. The van der Waals surface area contributed by atoms with E-state index in [1.807, 2.05) is 36.4 Å². The first-order valence-corrected chi connectivity index (χ1v) is 7.04. The van der Waals surface area contributed by atoms with Crippen LogP contribution in [0, 0.1) is 0 Å². The van der Waals surface area contributed by atoms with Crippen LogP contribution < -0.4 is 10.1 Å². The van der Waals surface area contributed by atoms with Crippen LogP contribution in [0.2, 0.25) is 0 Å². The minimum atomic E-state index is -0.126. The Morgan fingerprint density at radius 1 is 1.24 bits per heavy atom. The van der Waals surface area contributed by atoms with Gasteiger partial charge in [-0.25, -0.2) is 0 Å². The lowest BCUT2D eigenvalue weighted by Gasteiger charge is -2.17. The third kappa shape index (κ3) is 2.62. The van der Waals surface area contributed by atoms with E-state index in [0.29, 0.717) is 0 Å². The van der Waals surface area contributed by atoms with Crippen molar-refractivity contribution >= 4 is 11.0 Å². The number of furan rings is 1. The van der Waals surface area contributed by atoms with Crippen LogP contribution in [0.25, 0.3) is 11.0 Å². The van der Waals surface area contributed by atoms with E-state index in [4.69, 9.17) is 9.15 Å². The molecular formula is C17H18N2O2. The molecule has 2 aromatic heterocycles. The molecular weight excluding hydrogens is 264 g/mol. The van der Waals surface area contributed by atoms with Gasteiger partial charge in [0.1, 0.15) is 28.8 Å².